The number of benzene rings is 1. The molecule has 1 aliphatic carbocycles. The van der Waals surface area contributed by atoms with Crippen LogP contribution in [0.1, 0.15) is 29.9 Å². The van der Waals surface area contributed by atoms with Crippen LogP contribution in [-0.2, 0) is 9.53 Å². The van der Waals surface area contributed by atoms with Gasteiger partial charge in [-0.25, -0.2) is 0 Å². The summed E-state index contributed by atoms with van der Waals surface area (Å²) in [6.45, 7) is 0.785. The number of nitrogens with zero attached hydrogens (tertiary/aromatic N) is 4. The van der Waals surface area contributed by atoms with Gasteiger partial charge in [0.1, 0.15) is 0 Å². The highest BCUT2D eigenvalue weighted by atomic mass is 16.5. The van der Waals surface area contributed by atoms with Crippen molar-refractivity contribution in [3.63, 3.8) is 0 Å². The van der Waals surface area contributed by atoms with Crippen molar-refractivity contribution in [3.05, 3.63) is 30.1 Å². The Balaban J connectivity index is 1.60. The van der Waals surface area contributed by atoms with Gasteiger partial charge in [-0.3, -0.25) is 9.59 Å². The molecule has 1 heterocycles. The summed E-state index contributed by atoms with van der Waals surface area (Å²) in [4.78, 5) is 25.0. The van der Waals surface area contributed by atoms with Gasteiger partial charge in [-0.05, 0) is 42.3 Å². The van der Waals surface area contributed by atoms with Crippen LogP contribution in [0.5, 0.6) is 0 Å². The summed E-state index contributed by atoms with van der Waals surface area (Å²) >= 11 is 0. The topological polar surface area (TPSA) is 111 Å². The van der Waals surface area contributed by atoms with E-state index in [1.807, 2.05) is 0 Å². The molecule has 2 amide bonds. The first kappa shape index (κ1) is 17.0. The van der Waals surface area contributed by atoms with Crippen molar-refractivity contribution >= 4 is 17.5 Å². The number of nitrogens with one attached hydrogen (secondary N) is 2. The second-order valence-corrected chi connectivity index (χ2v) is 5.82. The highest BCUT2D eigenvalue weighted by Gasteiger charge is 2.25. The van der Waals surface area contributed by atoms with Crippen LogP contribution in [0.15, 0.2) is 24.3 Å². The molecule has 0 radical (unpaired) electrons. The lowest BCUT2D eigenvalue weighted by Gasteiger charge is -2.24. The summed E-state index contributed by atoms with van der Waals surface area (Å²) in [6, 6.07) is 7.05. The number of hydrogen-bond donors (Lipinski definition) is 2. The molecule has 0 saturated heterocycles. The molecule has 25 heavy (non-hydrogen) atoms. The third-order valence-corrected chi connectivity index (χ3v) is 4.05. The zero-order valence-electron chi connectivity index (χ0n) is 13.9. The van der Waals surface area contributed by atoms with E-state index in [1.54, 1.807) is 31.4 Å². The van der Waals surface area contributed by atoms with Crippen molar-refractivity contribution in [2.45, 2.75) is 19.3 Å². The Morgan fingerprint density at radius 3 is 2.68 bits per heavy atom. The van der Waals surface area contributed by atoms with E-state index >= 15 is 0 Å². The molecule has 9 nitrogen and oxygen atoms in total. The molecule has 132 valence electrons. The van der Waals surface area contributed by atoms with Gasteiger partial charge in [-0.15, -0.1) is 15.0 Å². The van der Waals surface area contributed by atoms with Crippen LogP contribution in [-0.4, -0.2) is 52.3 Å². The van der Waals surface area contributed by atoms with Crippen LogP contribution >= 0.6 is 0 Å². The van der Waals surface area contributed by atoms with Crippen LogP contribution in [0, 0.1) is 5.92 Å². The maximum atomic E-state index is 11.9. The van der Waals surface area contributed by atoms with E-state index in [0.717, 1.165) is 24.9 Å². The average Bonchev–Trinajstić information content (AvgIpc) is 3.04. The minimum Gasteiger partial charge on any atom is -0.383 e. The van der Waals surface area contributed by atoms with Crippen LogP contribution in [0.4, 0.5) is 5.69 Å². The number of rotatable bonds is 7. The Labute approximate surface area is 144 Å². The Hall–Kier alpha value is -2.81. The first-order valence-corrected chi connectivity index (χ1v) is 8.16. The van der Waals surface area contributed by atoms with Crippen molar-refractivity contribution < 1.29 is 14.3 Å². The van der Waals surface area contributed by atoms with Crippen LogP contribution in [0.3, 0.4) is 0 Å². The zero-order chi connectivity index (χ0) is 17.6. The number of anilines is 1. The maximum Gasteiger partial charge on any atom is 0.292 e. The zero-order valence-corrected chi connectivity index (χ0v) is 13.9. The van der Waals surface area contributed by atoms with Gasteiger partial charge in [-0.1, -0.05) is 6.42 Å². The molecule has 1 aromatic carbocycles. The van der Waals surface area contributed by atoms with Gasteiger partial charge in [0.05, 0.1) is 12.3 Å². The molecule has 3 rings (SSSR count). The molecule has 1 aliphatic rings. The summed E-state index contributed by atoms with van der Waals surface area (Å²) in [5.41, 5.74) is 1.36. The molecule has 2 N–H and O–H groups in total. The van der Waals surface area contributed by atoms with E-state index < -0.39 is 5.91 Å². The second kappa shape index (κ2) is 7.84. The molecule has 0 aliphatic heterocycles. The van der Waals surface area contributed by atoms with E-state index in [4.69, 9.17) is 4.74 Å². The molecule has 0 atom stereocenters. The van der Waals surface area contributed by atoms with E-state index in [9.17, 15) is 9.59 Å². The normalized spacial score (nSPS) is 14.0. The van der Waals surface area contributed by atoms with Gasteiger partial charge in [-0.2, -0.15) is 0 Å². The number of aromatic nitrogens is 4. The Bertz CT molecular complexity index is 739. The van der Waals surface area contributed by atoms with E-state index in [2.05, 4.69) is 26.0 Å². The first-order valence-electron chi connectivity index (χ1n) is 8.16. The fourth-order valence-corrected chi connectivity index (χ4v) is 2.35. The van der Waals surface area contributed by atoms with Crippen molar-refractivity contribution in [3.8, 4) is 5.69 Å². The molecular formula is C16H20N6O3. The third kappa shape index (κ3) is 4.18. The Kier molecular flexibility index (Phi) is 5.34. The number of tetrazole rings is 1. The number of carbonyl (C=O) groups is 2. The van der Waals surface area contributed by atoms with Gasteiger partial charge >= 0.3 is 0 Å². The summed E-state index contributed by atoms with van der Waals surface area (Å²) in [5, 5.41) is 17.2. The number of hydrogen-bond acceptors (Lipinski definition) is 6. The minimum atomic E-state index is -0.410. The molecule has 0 unspecified atom stereocenters. The standard InChI is InChI=1S/C16H20N6O3/c1-25-10-9-17-16(24)14-19-21-22(20-14)13-7-5-12(6-8-13)18-15(23)11-3-2-4-11/h5-8,11H,2-4,9-10H2,1H3,(H,17,24)(H,18,23). The number of carbonyl (C=O) groups excluding carboxylic acids is 2. The Morgan fingerprint density at radius 1 is 1.28 bits per heavy atom. The first-order chi connectivity index (χ1) is 12.2. The van der Waals surface area contributed by atoms with Crippen LogP contribution in [0.25, 0.3) is 5.69 Å². The predicted octanol–water partition coefficient (Wildman–Crippen LogP) is 0.777. The molecule has 1 aromatic heterocycles. The molecular weight excluding hydrogens is 324 g/mol. The fraction of sp³-hybridized carbons (Fsp3) is 0.438. The minimum absolute atomic E-state index is 0.0153. The lowest BCUT2D eigenvalue weighted by molar-refractivity contribution is -0.122. The predicted molar refractivity (Wildman–Crippen MR) is 89.3 cm³/mol. The highest BCUT2D eigenvalue weighted by Crippen LogP contribution is 2.27. The monoisotopic (exact) mass is 344 g/mol. The number of methoxy groups -OCH3 is 1. The molecule has 1 saturated carbocycles. The van der Waals surface area contributed by atoms with Gasteiger partial charge in [0.15, 0.2) is 0 Å². The van der Waals surface area contributed by atoms with E-state index in [0.29, 0.717) is 18.8 Å². The van der Waals surface area contributed by atoms with Gasteiger partial charge in [0, 0.05) is 25.3 Å². The molecule has 1 fully saturated rings. The quantitative estimate of drug-likeness (QED) is 0.718. The lowest BCUT2D eigenvalue weighted by atomic mass is 9.85. The van der Waals surface area contributed by atoms with Crippen LogP contribution < -0.4 is 10.6 Å². The number of ether oxygens (including phenoxy) is 1. The van der Waals surface area contributed by atoms with Gasteiger partial charge in [0.2, 0.25) is 5.91 Å². The molecule has 0 bridgehead atoms. The Morgan fingerprint density at radius 2 is 2.04 bits per heavy atom. The van der Waals surface area contributed by atoms with E-state index in [-0.39, 0.29) is 17.6 Å². The largest absolute Gasteiger partial charge is 0.383 e. The summed E-state index contributed by atoms with van der Waals surface area (Å²) < 4.78 is 4.86. The third-order valence-electron chi connectivity index (χ3n) is 4.05. The van der Waals surface area contributed by atoms with Crippen molar-refractivity contribution in [2.24, 2.45) is 5.92 Å². The molecule has 0 spiro atoms. The number of amides is 2. The summed E-state index contributed by atoms with van der Waals surface area (Å²) in [5.74, 6) is -0.227. The highest BCUT2D eigenvalue weighted by molar-refractivity contribution is 5.93. The average molecular weight is 344 g/mol. The molecule has 2 aromatic rings. The van der Waals surface area contributed by atoms with E-state index in [1.165, 1.54) is 4.80 Å². The van der Waals surface area contributed by atoms with Crippen molar-refractivity contribution in [1.82, 2.24) is 25.5 Å². The van der Waals surface area contributed by atoms with Crippen molar-refractivity contribution in [2.75, 3.05) is 25.6 Å². The maximum absolute atomic E-state index is 11.9. The fourth-order valence-electron chi connectivity index (χ4n) is 2.35. The summed E-state index contributed by atoms with van der Waals surface area (Å²) in [6.07, 6.45) is 3.04. The molecule has 9 heteroatoms. The second-order valence-electron chi connectivity index (χ2n) is 5.82. The van der Waals surface area contributed by atoms with Gasteiger partial charge in [0.25, 0.3) is 11.7 Å². The summed E-state index contributed by atoms with van der Waals surface area (Å²) in [7, 11) is 1.55. The smallest absolute Gasteiger partial charge is 0.292 e. The van der Waals surface area contributed by atoms with Gasteiger partial charge < -0.3 is 15.4 Å². The van der Waals surface area contributed by atoms with Crippen LogP contribution in [0.2, 0.25) is 0 Å². The SMILES string of the molecule is COCCNC(=O)c1nnn(-c2ccc(NC(=O)C3CCC3)cc2)n1. The lowest BCUT2D eigenvalue weighted by Crippen LogP contribution is -2.28. The van der Waals surface area contributed by atoms with Crippen molar-refractivity contribution in [1.29, 1.82) is 0 Å².